The summed E-state index contributed by atoms with van der Waals surface area (Å²) in [5.41, 5.74) is 0. The lowest BCUT2D eigenvalue weighted by Gasteiger charge is -2.31. The summed E-state index contributed by atoms with van der Waals surface area (Å²) in [6.07, 6.45) is 1.97. The first-order chi connectivity index (χ1) is 9.97. The van der Waals surface area contributed by atoms with Gasteiger partial charge in [-0.2, -0.15) is 0 Å². The molecule has 21 heavy (non-hydrogen) atoms. The highest BCUT2D eigenvalue weighted by atomic mass is 16.5. The third-order valence-electron chi connectivity index (χ3n) is 4.26. The number of urea groups is 1. The van der Waals surface area contributed by atoms with Crippen LogP contribution in [0.1, 0.15) is 33.1 Å². The van der Waals surface area contributed by atoms with E-state index in [1.807, 2.05) is 6.92 Å². The van der Waals surface area contributed by atoms with Gasteiger partial charge >= 0.3 is 18.0 Å². The van der Waals surface area contributed by atoms with Crippen molar-refractivity contribution in [2.75, 3.05) is 19.7 Å². The van der Waals surface area contributed by atoms with Crippen LogP contribution in [0.5, 0.6) is 0 Å². The van der Waals surface area contributed by atoms with E-state index in [0.29, 0.717) is 25.9 Å². The molecule has 2 rings (SSSR count). The summed E-state index contributed by atoms with van der Waals surface area (Å²) in [6.45, 7) is 4.72. The van der Waals surface area contributed by atoms with Crippen molar-refractivity contribution in [3.05, 3.63) is 0 Å². The van der Waals surface area contributed by atoms with Crippen LogP contribution in [0, 0.1) is 5.92 Å². The van der Waals surface area contributed by atoms with Crippen molar-refractivity contribution < 1.29 is 24.2 Å². The number of carboxylic acid groups (broad SMARTS) is 1. The molecule has 0 bridgehead atoms. The van der Waals surface area contributed by atoms with Crippen LogP contribution in [0.2, 0.25) is 0 Å². The molecule has 2 aliphatic heterocycles. The summed E-state index contributed by atoms with van der Waals surface area (Å²) in [7, 11) is 0. The van der Waals surface area contributed by atoms with Gasteiger partial charge in [0, 0.05) is 13.1 Å². The minimum absolute atomic E-state index is 0.0740. The van der Waals surface area contributed by atoms with E-state index in [0.717, 1.165) is 6.42 Å². The fourth-order valence-corrected chi connectivity index (χ4v) is 3.18. The van der Waals surface area contributed by atoms with E-state index in [1.165, 1.54) is 9.80 Å². The lowest BCUT2D eigenvalue weighted by molar-refractivity contribution is -0.147. The number of rotatable bonds is 3. The summed E-state index contributed by atoms with van der Waals surface area (Å²) in [5.74, 6) is -1.46. The predicted octanol–water partition coefficient (Wildman–Crippen LogP) is 0.929. The topological polar surface area (TPSA) is 87.2 Å². The van der Waals surface area contributed by atoms with Crippen LogP contribution >= 0.6 is 0 Å². The predicted molar refractivity (Wildman–Crippen MR) is 73.7 cm³/mol. The van der Waals surface area contributed by atoms with Gasteiger partial charge in [-0.3, -0.25) is 0 Å². The molecule has 7 nitrogen and oxygen atoms in total. The molecule has 2 aliphatic rings. The largest absolute Gasteiger partial charge is 0.480 e. The molecule has 0 spiro atoms. The van der Waals surface area contributed by atoms with Crippen molar-refractivity contribution in [1.82, 2.24) is 9.80 Å². The highest BCUT2D eigenvalue weighted by Crippen LogP contribution is 2.28. The Kier molecular flexibility index (Phi) is 4.69. The number of nitrogens with zero attached hydrogens (tertiary/aromatic N) is 2. The van der Waals surface area contributed by atoms with E-state index in [-0.39, 0.29) is 18.6 Å². The normalized spacial score (nSPS) is 28.8. The molecule has 1 N–H and O–H groups in total. The molecule has 2 amide bonds. The van der Waals surface area contributed by atoms with E-state index < -0.39 is 24.0 Å². The van der Waals surface area contributed by atoms with Crippen LogP contribution in [0.4, 0.5) is 4.79 Å². The highest BCUT2D eigenvalue weighted by Gasteiger charge is 2.44. The van der Waals surface area contributed by atoms with Crippen molar-refractivity contribution in [2.45, 2.75) is 45.2 Å². The van der Waals surface area contributed by atoms with Crippen LogP contribution < -0.4 is 0 Å². The number of aliphatic carboxylic acids is 1. The molecule has 3 atom stereocenters. The van der Waals surface area contributed by atoms with Crippen molar-refractivity contribution in [2.24, 2.45) is 5.92 Å². The molecule has 0 saturated carbocycles. The van der Waals surface area contributed by atoms with Crippen LogP contribution in [0.15, 0.2) is 0 Å². The number of hydrogen-bond acceptors (Lipinski definition) is 4. The monoisotopic (exact) mass is 298 g/mol. The van der Waals surface area contributed by atoms with Crippen LogP contribution in [0.3, 0.4) is 0 Å². The third kappa shape index (κ3) is 2.96. The molecular formula is C14H22N2O5. The summed E-state index contributed by atoms with van der Waals surface area (Å²) in [5, 5.41) is 9.30. The Morgan fingerprint density at radius 1 is 1.19 bits per heavy atom. The Labute approximate surface area is 123 Å². The average molecular weight is 298 g/mol. The molecule has 0 aromatic heterocycles. The van der Waals surface area contributed by atoms with Gasteiger partial charge in [-0.25, -0.2) is 14.4 Å². The van der Waals surface area contributed by atoms with Gasteiger partial charge in [-0.1, -0.05) is 6.92 Å². The van der Waals surface area contributed by atoms with Gasteiger partial charge in [-0.05, 0) is 32.1 Å². The lowest BCUT2D eigenvalue weighted by Crippen LogP contribution is -2.52. The molecule has 2 fully saturated rings. The zero-order valence-corrected chi connectivity index (χ0v) is 12.4. The Hall–Kier alpha value is -1.79. The van der Waals surface area contributed by atoms with E-state index in [2.05, 4.69) is 0 Å². The number of amides is 2. The van der Waals surface area contributed by atoms with Gasteiger partial charge in [0.15, 0.2) is 0 Å². The van der Waals surface area contributed by atoms with E-state index in [9.17, 15) is 19.5 Å². The van der Waals surface area contributed by atoms with Gasteiger partial charge in [0.2, 0.25) is 0 Å². The summed E-state index contributed by atoms with van der Waals surface area (Å²) in [4.78, 5) is 38.7. The second-order valence-electron chi connectivity index (χ2n) is 5.63. The van der Waals surface area contributed by atoms with Gasteiger partial charge in [0.05, 0.1) is 6.61 Å². The Morgan fingerprint density at radius 2 is 1.90 bits per heavy atom. The fourth-order valence-electron chi connectivity index (χ4n) is 3.18. The maximum atomic E-state index is 12.6. The minimum Gasteiger partial charge on any atom is -0.480 e. The van der Waals surface area contributed by atoms with E-state index in [4.69, 9.17) is 4.74 Å². The molecular weight excluding hydrogens is 276 g/mol. The minimum atomic E-state index is -0.986. The zero-order chi connectivity index (χ0) is 15.6. The molecule has 2 heterocycles. The lowest BCUT2D eigenvalue weighted by atomic mass is 10.0. The Morgan fingerprint density at radius 3 is 2.52 bits per heavy atom. The van der Waals surface area contributed by atoms with Crippen LogP contribution in [-0.4, -0.2) is 64.7 Å². The molecule has 0 aliphatic carbocycles. The van der Waals surface area contributed by atoms with Gasteiger partial charge in [0.25, 0.3) is 0 Å². The first-order valence-electron chi connectivity index (χ1n) is 7.44. The van der Waals surface area contributed by atoms with E-state index in [1.54, 1.807) is 6.92 Å². The van der Waals surface area contributed by atoms with Gasteiger partial charge in [0.1, 0.15) is 12.1 Å². The molecule has 3 unspecified atom stereocenters. The number of likely N-dealkylation sites (tertiary alicyclic amines) is 2. The van der Waals surface area contributed by atoms with Gasteiger partial charge in [-0.15, -0.1) is 0 Å². The first-order valence-corrected chi connectivity index (χ1v) is 7.44. The first kappa shape index (κ1) is 15.6. The molecule has 2 saturated heterocycles. The fraction of sp³-hybridized carbons (Fsp3) is 0.786. The third-order valence-corrected chi connectivity index (χ3v) is 4.26. The standard InChI is InChI=1S/C14H22N2O5/c1-3-21-13(19)10-5-4-7-15(10)14(20)16-8-6-9(2)11(16)12(17)18/h9-11H,3-8H2,1-2H3,(H,17,18). The van der Waals surface area contributed by atoms with Crippen molar-refractivity contribution in [1.29, 1.82) is 0 Å². The maximum Gasteiger partial charge on any atom is 0.328 e. The van der Waals surface area contributed by atoms with Crippen molar-refractivity contribution >= 4 is 18.0 Å². The Bertz CT molecular complexity index is 439. The van der Waals surface area contributed by atoms with Crippen LogP contribution in [0.25, 0.3) is 0 Å². The van der Waals surface area contributed by atoms with Gasteiger partial charge < -0.3 is 19.6 Å². The molecule has 7 heteroatoms. The summed E-state index contributed by atoms with van der Waals surface area (Å²) in [6, 6.07) is -1.74. The number of esters is 1. The van der Waals surface area contributed by atoms with Crippen LogP contribution in [-0.2, 0) is 14.3 Å². The zero-order valence-electron chi connectivity index (χ0n) is 12.4. The SMILES string of the molecule is CCOC(=O)C1CCCN1C(=O)N1CCC(C)C1C(=O)O. The molecule has 0 aromatic rings. The summed E-state index contributed by atoms with van der Waals surface area (Å²) < 4.78 is 5.00. The highest BCUT2D eigenvalue weighted by molar-refractivity contribution is 5.87. The number of carbonyl (C=O) groups excluding carboxylic acids is 2. The number of carbonyl (C=O) groups is 3. The molecule has 0 radical (unpaired) electrons. The smallest absolute Gasteiger partial charge is 0.328 e. The van der Waals surface area contributed by atoms with Crippen molar-refractivity contribution in [3.8, 4) is 0 Å². The second-order valence-corrected chi connectivity index (χ2v) is 5.63. The average Bonchev–Trinajstić information content (AvgIpc) is 3.04. The number of carboxylic acids is 1. The summed E-state index contributed by atoms with van der Waals surface area (Å²) >= 11 is 0. The maximum absolute atomic E-state index is 12.6. The van der Waals surface area contributed by atoms with Crippen molar-refractivity contribution in [3.63, 3.8) is 0 Å². The molecule has 118 valence electrons. The second kappa shape index (κ2) is 6.32. The number of ether oxygens (including phenoxy) is 1. The number of hydrogen-bond donors (Lipinski definition) is 1. The van der Waals surface area contributed by atoms with E-state index >= 15 is 0 Å². The molecule has 0 aromatic carbocycles. The quantitative estimate of drug-likeness (QED) is 0.783. The Balaban J connectivity index is 2.11.